The van der Waals surface area contributed by atoms with Gasteiger partial charge in [-0.15, -0.1) is 0 Å². The van der Waals surface area contributed by atoms with E-state index >= 15 is 0 Å². The number of rotatable bonds is 5. The summed E-state index contributed by atoms with van der Waals surface area (Å²) < 4.78 is 0. The molecule has 3 aromatic carbocycles. The van der Waals surface area contributed by atoms with Crippen molar-refractivity contribution in [2.24, 2.45) is 5.92 Å². The van der Waals surface area contributed by atoms with E-state index in [9.17, 15) is 5.26 Å². The van der Waals surface area contributed by atoms with Crippen LogP contribution in [0.3, 0.4) is 0 Å². The fourth-order valence-corrected chi connectivity index (χ4v) is 4.07. The van der Waals surface area contributed by atoms with E-state index in [0.29, 0.717) is 5.92 Å². The van der Waals surface area contributed by atoms with Crippen LogP contribution < -0.4 is 0 Å². The lowest BCUT2D eigenvalue weighted by Gasteiger charge is -2.48. The zero-order chi connectivity index (χ0) is 17.8. The summed E-state index contributed by atoms with van der Waals surface area (Å²) >= 11 is 0. The third-order valence-corrected chi connectivity index (χ3v) is 5.45. The van der Waals surface area contributed by atoms with Gasteiger partial charge in [0.25, 0.3) is 0 Å². The predicted molar refractivity (Wildman–Crippen MR) is 104 cm³/mol. The summed E-state index contributed by atoms with van der Waals surface area (Å²) in [5, 5.41) is 10.3. The second kappa shape index (κ2) is 7.15. The fourth-order valence-electron chi connectivity index (χ4n) is 4.07. The second-order valence-corrected chi connectivity index (χ2v) is 7.03. The molecule has 0 N–H and O–H groups in total. The molecule has 0 spiro atoms. The van der Waals surface area contributed by atoms with E-state index in [1.165, 1.54) is 5.56 Å². The zero-order valence-corrected chi connectivity index (χ0v) is 14.8. The Hall–Kier alpha value is -2.89. The summed E-state index contributed by atoms with van der Waals surface area (Å²) in [6.45, 7) is 2.82. The Morgan fingerprint density at radius 2 is 1.23 bits per heavy atom. The molecule has 2 nitrogen and oxygen atoms in total. The first-order valence-corrected chi connectivity index (χ1v) is 9.11. The molecule has 0 radical (unpaired) electrons. The van der Waals surface area contributed by atoms with Crippen LogP contribution in [0.25, 0.3) is 0 Å². The maximum atomic E-state index is 10.3. The molecule has 1 heterocycles. The molecule has 0 saturated carbocycles. The van der Waals surface area contributed by atoms with Crippen molar-refractivity contribution in [1.82, 2.24) is 4.90 Å². The number of likely N-dealkylation sites (tertiary alicyclic amines) is 1. The highest BCUT2D eigenvalue weighted by Crippen LogP contribution is 2.43. The lowest BCUT2D eigenvalue weighted by molar-refractivity contribution is 0.0632. The van der Waals surface area contributed by atoms with Gasteiger partial charge in [-0.3, -0.25) is 4.90 Å². The Bertz CT molecular complexity index is 836. The summed E-state index contributed by atoms with van der Waals surface area (Å²) in [6, 6.07) is 33.8. The van der Waals surface area contributed by atoms with E-state index in [0.717, 1.165) is 30.8 Å². The van der Waals surface area contributed by atoms with E-state index in [1.54, 1.807) is 0 Å². The highest BCUT2D eigenvalue weighted by Gasteiger charge is 2.48. The fraction of sp³-hybridized carbons (Fsp3) is 0.208. The van der Waals surface area contributed by atoms with Gasteiger partial charge in [-0.1, -0.05) is 91.0 Å². The van der Waals surface area contributed by atoms with Crippen LogP contribution >= 0.6 is 0 Å². The van der Waals surface area contributed by atoms with E-state index < -0.39 is 5.41 Å². The van der Waals surface area contributed by atoms with Crippen LogP contribution in [0.15, 0.2) is 91.0 Å². The van der Waals surface area contributed by atoms with Crippen molar-refractivity contribution < 1.29 is 0 Å². The average molecular weight is 338 g/mol. The molecule has 1 aliphatic heterocycles. The minimum Gasteiger partial charge on any atom is -0.298 e. The van der Waals surface area contributed by atoms with Gasteiger partial charge in [0.15, 0.2) is 0 Å². The molecular weight excluding hydrogens is 316 g/mol. The highest BCUT2D eigenvalue weighted by atomic mass is 15.2. The van der Waals surface area contributed by atoms with Gasteiger partial charge in [0.05, 0.1) is 6.07 Å². The Morgan fingerprint density at radius 1 is 0.769 bits per heavy atom. The molecular formula is C24H22N2. The van der Waals surface area contributed by atoms with Crippen molar-refractivity contribution in [1.29, 1.82) is 5.26 Å². The van der Waals surface area contributed by atoms with Gasteiger partial charge in [-0.2, -0.15) is 5.26 Å². The minimum atomic E-state index is -0.588. The summed E-state index contributed by atoms with van der Waals surface area (Å²) in [4.78, 5) is 2.43. The number of benzene rings is 3. The first-order valence-electron chi connectivity index (χ1n) is 9.11. The largest absolute Gasteiger partial charge is 0.298 e. The van der Waals surface area contributed by atoms with Gasteiger partial charge in [-0.05, 0) is 16.7 Å². The van der Waals surface area contributed by atoms with Gasteiger partial charge >= 0.3 is 0 Å². The number of hydrogen-bond donors (Lipinski definition) is 0. The molecule has 0 bridgehead atoms. The Morgan fingerprint density at radius 3 is 1.69 bits per heavy atom. The highest BCUT2D eigenvalue weighted by molar-refractivity contribution is 5.48. The molecule has 0 aliphatic carbocycles. The van der Waals surface area contributed by atoms with Crippen LogP contribution in [0.2, 0.25) is 0 Å². The van der Waals surface area contributed by atoms with Crippen molar-refractivity contribution in [2.75, 3.05) is 13.1 Å². The molecule has 1 fully saturated rings. The molecule has 1 aliphatic rings. The van der Waals surface area contributed by atoms with Crippen LogP contribution in [-0.4, -0.2) is 18.0 Å². The lowest BCUT2D eigenvalue weighted by atomic mass is 9.64. The molecule has 0 atom stereocenters. The molecule has 0 amide bonds. The van der Waals surface area contributed by atoms with Gasteiger partial charge in [0.1, 0.15) is 5.41 Å². The number of nitriles is 1. The molecule has 0 aromatic heterocycles. The summed E-state index contributed by atoms with van der Waals surface area (Å²) in [5.74, 6) is 0.293. The van der Waals surface area contributed by atoms with Crippen molar-refractivity contribution in [2.45, 2.75) is 12.0 Å². The lowest BCUT2D eigenvalue weighted by Crippen LogP contribution is -2.55. The van der Waals surface area contributed by atoms with E-state index in [4.69, 9.17) is 0 Å². The zero-order valence-electron chi connectivity index (χ0n) is 14.8. The quantitative estimate of drug-likeness (QED) is 0.678. The summed E-state index contributed by atoms with van der Waals surface area (Å²) in [7, 11) is 0. The van der Waals surface area contributed by atoms with Crippen LogP contribution in [-0.2, 0) is 12.0 Å². The van der Waals surface area contributed by atoms with Crippen molar-refractivity contribution in [3.05, 3.63) is 108 Å². The minimum absolute atomic E-state index is 0.293. The van der Waals surface area contributed by atoms with Gasteiger partial charge in [-0.25, -0.2) is 0 Å². The van der Waals surface area contributed by atoms with Crippen molar-refractivity contribution in [3.63, 3.8) is 0 Å². The van der Waals surface area contributed by atoms with Crippen molar-refractivity contribution >= 4 is 0 Å². The van der Waals surface area contributed by atoms with Gasteiger partial charge in [0, 0.05) is 25.6 Å². The van der Waals surface area contributed by atoms with Crippen LogP contribution in [0.1, 0.15) is 16.7 Å². The topological polar surface area (TPSA) is 27.0 Å². The molecule has 128 valence electrons. The molecule has 3 aromatic rings. The second-order valence-electron chi connectivity index (χ2n) is 7.03. The van der Waals surface area contributed by atoms with E-state index in [-0.39, 0.29) is 0 Å². The number of hydrogen-bond acceptors (Lipinski definition) is 2. The molecule has 2 heteroatoms. The Kier molecular flexibility index (Phi) is 4.56. The van der Waals surface area contributed by atoms with Crippen LogP contribution in [0.5, 0.6) is 0 Å². The van der Waals surface area contributed by atoms with Crippen LogP contribution in [0.4, 0.5) is 0 Å². The SMILES string of the molecule is N#CC(c1ccccc1)(c1ccccc1)C1CN(Cc2ccccc2)C1. The van der Waals surface area contributed by atoms with E-state index in [2.05, 4.69) is 59.5 Å². The van der Waals surface area contributed by atoms with Crippen LogP contribution in [0, 0.1) is 17.2 Å². The summed E-state index contributed by atoms with van der Waals surface area (Å²) in [6.07, 6.45) is 0. The molecule has 26 heavy (non-hydrogen) atoms. The smallest absolute Gasteiger partial charge is 0.112 e. The number of nitrogens with zero attached hydrogens (tertiary/aromatic N) is 2. The Balaban J connectivity index is 1.62. The monoisotopic (exact) mass is 338 g/mol. The standard InChI is InChI=1S/C24H22N2/c25-19-24(21-12-6-2-7-13-21,22-14-8-3-9-15-22)23-17-26(18-23)16-20-10-4-1-5-11-20/h1-15,23H,16-18H2. The average Bonchev–Trinajstić information content (AvgIpc) is 2.69. The normalized spacial score (nSPS) is 15.2. The van der Waals surface area contributed by atoms with E-state index in [1.807, 2.05) is 42.5 Å². The first kappa shape index (κ1) is 16.6. The molecule has 0 unspecified atom stereocenters. The molecule has 4 rings (SSSR count). The van der Waals surface area contributed by atoms with Crippen molar-refractivity contribution in [3.8, 4) is 6.07 Å². The summed E-state index contributed by atoms with van der Waals surface area (Å²) in [5.41, 5.74) is 2.93. The third kappa shape index (κ3) is 2.92. The maximum Gasteiger partial charge on any atom is 0.112 e. The molecule has 1 saturated heterocycles. The Labute approximate surface area is 155 Å². The third-order valence-electron chi connectivity index (χ3n) is 5.45. The predicted octanol–water partition coefficient (Wildman–Crippen LogP) is 4.63. The van der Waals surface area contributed by atoms with Gasteiger partial charge < -0.3 is 0 Å². The first-order chi connectivity index (χ1) is 12.8. The van der Waals surface area contributed by atoms with Gasteiger partial charge in [0.2, 0.25) is 0 Å². The maximum absolute atomic E-state index is 10.3.